The third-order valence-electron chi connectivity index (χ3n) is 4.86. The number of carbonyl (C=O) groups is 1. The molecule has 10 heteroatoms. The number of nitrogens with zero attached hydrogens (tertiary/aromatic N) is 2. The van der Waals surface area contributed by atoms with Crippen molar-refractivity contribution in [2.24, 2.45) is 5.92 Å². The van der Waals surface area contributed by atoms with Crippen molar-refractivity contribution in [2.75, 3.05) is 18.4 Å². The summed E-state index contributed by atoms with van der Waals surface area (Å²) in [7, 11) is -3.93. The van der Waals surface area contributed by atoms with Gasteiger partial charge < -0.3 is 9.88 Å². The molecular weight excluding hydrogens is 421 g/mol. The van der Waals surface area contributed by atoms with Gasteiger partial charge in [0.05, 0.1) is 5.02 Å². The largest absolute Gasteiger partial charge is 0.324 e. The minimum Gasteiger partial charge on any atom is -0.324 e. The van der Waals surface area contributed by atoms with Gasteiger partial charge in [0, 0.05) is 25.0 Å². The van der Waals surface area contributed by atoms with Crippen LogP contribution in [0.3, 0.4) is 0 Å². The number of pyridine rings is 1. The standard InChI is InChI=1S/C19H21ClFN3O4S/c1-13-6-9-24(10-7-13)29(27,28)17-3-2-8-23(19(17)26)12-18(25)22-14-4-5-16(21)15(20)11-14/h2-5,8,11,13H,6-7,9-10,12H2,1H3,(H,22,25). The summed E-state index contributed by atoms with van der Waals surface area (Å²) in [5.41, 5.74) is -0.501. The highest BCUT2D eigenvalue weighted by Gasteiger charge is 2.30. The highest BCUT2D eigenvalue weighted by Crippen LogP contribution is 2.22. The van der Waals surface area contributed by atoms with Crippen LogP contribution >= 0.6 is 11.6 Å². The zero-order chi connectivity index (χ0) is 21.2. The molecule has 0 bridgehead atoms. The number of hydrogen-bond acceptors (Lipinski definition) is 4. The predicted octanol–water partition coefficient (Wildman–Crippen LogP) is 2.70. The van der Waals surface area contributed by atoms with Gasteiger partial charge in [0.2, 0.25) is 15.9 Å². The van der Waals surface area contributed by atoms with E-state index in [2.05, 4.69) is 12.2 Å². The second kappa shape index (κ2) is 8.64. The number of nitrogens with one attached hydrogen (secondary N) is 1. The topological polar surface area (TPSA) is 88.5 Å². The molecule has 1 N–H and O–H groups in total. The van der Waals surface area contributed by atoms with E-state index in [1.807, 2.05) is 0 Å². The zero-order valence-electron chi connectivity index (χ0n) is 15.8. The number of piperidine rings is 1. The van der Waals surface area contributed by atoms with E-state index in [1.54, 1.807) is 0 Å². The Balaban J connectivity index is 1.78. The molecule has 0 unspecified atom stereocenters. The van der Waals surface area contributed by atoms with E-state index < -0.39 is 33.9 Å². The van der Waals surface area contributed by atoms with Gasteiger partial charge in [-0.3, -0.25) is 9.59 Å². The van der Waals surface area contributed by atoms with Gasteiger partial charge in [0.1, 0.15) is 17.3 Å². The van der Waals surface area contributed by atoms with E-state index in [0.29, 0.717) is 19.0 Å². The first-order valence-electron chi connectivity index (χ1n) is 9.13. The van der Waals surface area contributed by atoms with Crippen LogP contribution < -0.4 is 10.9 Å². The molecule has 29 heavy (non-hydrogen) atoms. The van der Waals surface area contributed by atoms with Crippen LogP contribution in [-0.2, 0) is 21.4 Å². The molecule has 2 aromatic rings. The highest BCUT2D eigenvalue weighted by molar-refractivity contribution is 7.89. The Bertz CT molecular complexity index is 1080. The molecule has 1 aliphatic heterocycles. The molecule has 0 atom stereocenters. The average molecular weight is 442 g/mol. The Hall–Kier alpha value is -2.23. The third kappa shape index (κ3) is 4.85. The molecule has 1 fully saturated rings. The molecular formula is C19H21ClFN3O4S. The van der Waals surface area contributed by atoms with Crippen LogP contribution in [0.15, 0.2) is 46.2 Å². The Morgan fingerprint density at radius 3 is 2.62 bits per heavy atom. The summed E-state index contributed by atoms with van der Waals surface area (Å²) in [6, 6.07) is 6.36. The number of benzene rings is 1. The maximum absolute atomic E-state index is 13.2. The van der Waals surface area contributed by atoms with Crippen LogP contribution in [0, 0.1) is 11.7 Å². The quantitative estimate of drug-likeness (QED) is 0.772. The minimum atomic E-state index is -3.93. The van der Waals surface area contributed by atoms with Crippen molar-refractivity contribution in [1.82, 2.24) is 8.87 Å². The van der Waals surface area contributed by atoms with Crippen molar-refractivity contribution < 1.29 is 17.6 Å². The number of amides is 1. The molecule has 0 aliphatic carbocycles. The molecule has 1 amide bonds. The Morgan fingerprint density at radius 1 is 1.28 bits per heavy atom. The molecule has 0 spiro atoms. The summed E-state index contributed by atoms with van der Waals surface area (Å²) in [5, 5.41) is 2.35. The predicted molar refractivity (Wildman–Crippen MR) is 108 cm³/mol. The number of sulfonamides is 1. The van der Waals surface area contributed by atoms with Crippen molar-refractivity contribution in [3.63, 3.8) is 0 Å². The lowest BCUT2D eigenvalue weighted by molar-refractivity contribution is -0.116. The lowest BCUT2D eigenvalue weighted by Gasteiger charge is -2.29. The number of halogens is 2. The first-order valence-corrected chi connectivity index (χ1v) is 10.9. The molecule has 156 valence electrons. The molecule has 1 aromatic heterocycles. The van der Waals surface area contributed by atoms with Gasteiger partial charge in [-0.2, -0.15) is 4.31 Å². The van der Waals surface area contributed by atoms with Gasteiger partial charge >= 0.3 is 0 Å². The van der Waals surface area contributed by atoms with Crippen LogP contribution in [0.1, 0.15) is 19.8 Å². The number of anilines is 1. The van der Waals surface area contributed by atoms with Gasteiger partial charge in [-0.25, -0.2) is 12.8 Å². The molecule has 1 saturated heterocycles. The van der Waals surface area contributed by atoms with Crippen molar-refractivity contribution >= 4 is 33.2 Å². The van der Waals surface area contributed by atoms with E-state index in [0.717, 1.165) is 23.5 Å². The third-order valence-corrected chi connectivity index (χ3v) is 7.06. The molecule has 1 aliphatic rings. The Labute approximate surface area is 173 Å². The molecule has 0 saturated carbocycles. The van der Waals surface area contributed by atoms with Crippen molar-refractivity contribution in [3.05, 3.63) is 57.7 Å². The Kier molecular flexibility index (Phi) is 6.40. The molecule has 0 radical (unpaired) electrons. The SMILES string of the molecule is CC1CCN(S(=O)(=O)c2cccn(CC(=O)Nc3ccc(F)c(Cl)c3)c2=O)CC1. The number of hydrogen-bond donors (Lipinski definition) is 1. The van der Waals surface area contributed by atoms with E-state index in [-0.39, 0.29) is 15.6 Å². The summed E-state index contributed by atoms with van der Waals surface area (Å²) in [6.07, 6.45) is 2.82. The van der Waals surface area contributed by atoms with E-state index in [1.165, 1.54) is 34.8 Å². The lowest BCUT2D eigenvalue weighted by Crippen LogP contribution is -2.41. The smallest absolute Gasteiger partial charge is 0.271 e. The normalized spacial score (nSPS) is 16.0. The van der Waals surface area contributed by atoms with Gasteiger partial charge in [0.15, 0.2) is 0 Å². The second-order valence-electron chi connectivity index (χ2n) is 7.07. The summed E-state index contributed by atoms with van der Waals surface area (Å²) in [6.45, 7) is 2.40. The molecule has 3 rings (SSSR count). The fourth-order valence-electron chi connectivity index (χ4n) is 3.13. The maximum Gasteiger partial charge on any atom is 0.271 e. The molecule has 1 aromatic carbocycles. The molecule has 7 nitrogen and oxygen atoms in total. The summed E-state index contributed by atoms with van der Waals surface area (Å²) in [4.78, 5) is 24.6. The fourth-order valence-corrected chi connectivity index (χ4v) is 4.87. The number of carbonyl (C=O) groups excluding carboxylic acids is 1. The second-order valence-corrected chi connectivity index (χ2v) is 9.38. The first-order chi connectivity index (χ1) is 13.7. The fraction of sp³-hybridized carbons (Fsp3) is 0.368. The van der Waals surface area contributed by atoms with Crippen molar-refractivity contribution in [1.29, 1.82) is 0 Å². The van der Waals surface area contributed by atoms with Crippen LogP contribution in [-0.4, -0.2) is 36.3 Å². The monoisotopic (exact) mass is 441 g/mol. The van der Waals surface area contributed by atoms with Gasteiger partial charge in [-0.15, -0.1) is 0 Å². The van der Waals surface area contributed by atoms with Crippen LogP contribution in [0.2, 0.25) is 5.02 Å². The van der Waals surface area contributed by atoms with Gasteiger partial charge in [0.25, 0.3) is 5.56 Å². The van der Waals surface area contributed by atoms with Crippen LogP contribution in [0.25, 0.3) is 0 Å². The lowest BCUT2D eigenvalue weighted by atomic mass is 10.0. The Morgan fingerprint density at radius 2 is 1.97 bits per heavy atom. The van der Waals surface area contributed by atoms with E-state index >= 15 is 0 Å². The first kappa shape index (κ1) is 21.5. The average Bonchev–Trinajstić information content (AvgIpc) is 2.66. The summed E-state index contributed by atoms with van der Waals surface area (Å²) >= 11 is 5.68. The highest BCUT2D eigenvalue weighted by atomic mass is 35.5. The van der Waals surface area contributed by atoms with Crippen LogP contribution in [0.5, 0.6) is 0 Å². The van der Waals surface area contributed by atoms with Crippen LogP contribution in [0.4, 0.5) is 10.1 Å². The minimum absolute atomic E-state index is 0.149. The van der Waals surface area contributed by atoms with E-state index in [9.17, 15) is 22.4 Å². The zero-order valence-corrected chi connectivity index (χ0v) is 17.3. The van der Waals surface area contributed by atoms with E-state index in [4.69, 9.17) is 11.6 Å². The molecule has 2 heterocycles. The van der Waals surface area contributed by atoms with Crippen molar-refractivity contribution in [2.45, 2.75) is 31.2 Å². The maximum atomic E-state index is 13.2. The van der Waals surface area contributed by atoms with Crippen molar-refractivity contribution in [3.8, 4) is 0 Å². The number of rotatable bonds is 5. The number of aromatic nitrogens is 1. The van der Waals surface area contributed by atoms with Gasteiger partial charge in [-0.05, 0) is 49.1 Å². The van der Waals surface area contributed by atoms with Gasteiger partial charge in [-0.1, -0.05) is 18.5 Å². The summed E-state index contributed by atoms with van der Waals surface area (Å²) in [5.74, 6) is -0.750. The summed E-state index contributed by atoms with van der Waals surface area (Å²) < 4.78 is 41.3.